The van der Waals surface area contributed by atoms with Crippen LogP contribution in [-0.2, 0) is 6.42 Å². The maximum absolute atomic E-state index is 9.50. The number of hydrogen-bond donors (Lipinski definition) is 0. The van der Waals surface area contributed by atoms with Gasteiger partial charge in [0, 0.05) is 28.2 Å². The number of nitrogens with zero attached hydrogens (tertiary/aromatic N) is 4. The Bertz CT molecular complexity index is 2540. The summed E-state index contributed by atoms with van der Waals surface area (Å²) < 4.78 is 48.2. The van der Waals surface area contributed by atoms with Gasteiger partial charge in [-0.3, -0.25) is 0 Å². The van der Waals surface area contributed by atoms with Crippen molar-refractivity contribution >= 4 is 50.3 Å². The van der Waals surface area contributed by atoms with E-state index in [1.165, 1.54) is 23.6 Å². The van der Waals surface area contributed by atoms with E-state index < -0.39 is 0 Å². The van der Waals surface area contributed by atoms with E-state index in [9.17, 15) is 5.48 Å². The molecule has 0 fully saturated rings. The van der Waals surface area contributed by atoms with E-state index in [0.717, 1.165) is 46.2 Å². The molecule has 224 valence electrons. The largest absolute Gasteiger partial charge is 0.445 e. The summed E-state index contributed by atoms with van der Waals surface area (Å²) in [7, 11) is 0. The quantitative estimate of drug-likeness (QED) is 0.186. The molecule has 0 bridgehead atoms. The van der Waals surface area contributed by atoms with Crippen LogP contribution >= 0.6 is 0 Å². The minimum absolute atomic E-state index is 0.0539. The first-order chi connectivity index (χ1) is 24.9. The molecule has 0 saturated heterocycles. The van der Waals surface area contributed by atoms with E-state index >= 15 is 0 Å². The maximum Gasteiger partial charge on any atom is 0.247 e. The molecule has 0 saturated carbocycles. The van der Waals surface area contributed by atoms with Crippen LogP contribution in [0.15, 0.2) is 149 Å². The molecule has 1 aliphatic carbocycles. The molecule has 47 heavy (non-hydrogen) atoms. The fraction of sp³-hybridized carbons (Fsp3) is 0.0488. The van der Waals surface area contributed by atoms with Crippen LogP contribution in [0.2, 0.25) is 0 Å². The molecule has 0 amide bonds. The van der Waals surface area contributed by atoms with Crippen molar-refractivity contribution in [2.75, 3.05) is 4.90 Å². The molecule has 2 aromatic heterocycles. The van der Waals surface area contributed by atoms with Crippen molar-refractivity contribution in [2.45, 2.75) is 12.8 Å². The number of aromatic nitrogens is 3. The summed E-state index contributed by atoms with van der Waals surface area (Å²) in [4.78, 5) is 6.13. The highest BCUT2D eigenvalue weighted by Crippen LogP contribution is 2.39. The van der Waals surface area contributed by atoms with Gasteiger partial charge in [0.25, 0.3) is 0 Å². The zero-order chi connectivity index (χ0) is 34.6. The highest BCUT2D eigenvalue weighted by Gasteiger charge is 2.17. The summed E-state index contributed by atoms with van der Waals surface area (Å²) >= 11 is 0. The zero-order valence-corrected chi connectivity index (χ0v) is 25.1. The van der Waals surface area contributed by atoms with Crippen LogP contribution in [0.1, 0.15) is 28.6 Å². The topological polar surface area (TPSA) is 68.2 Å². The third kappa shape index (κ3) is 5.06. The van der Waals surface area contributed by atoms with E-state index in [1.807, 2.05) is 65.6 Å². The molecule has 0 N–H and O–H groups in total. The Morgan fingerprint density at radius 1 is 0.638 bits per heavy atom. The van der Waals surface area contributed by atoms with Crippen molar-refractivity contribution in [1.82, 2.24) is 15.2 Å². The van der Waals surface area contributed by atoms with Crippen LogP contribution in [0.4, 0.5) is 17.1 Å². The number of hydrogen-bond acceptors (Lipinski definition) is 6. The van der Waals surface area contributed by atoms with E-state index in [4.69, 9.17) is 8.83 Å². The van der Waals surface area contributed by atoms with Gasteiger partial charge in [0.15, 0.2) is 0 Å². The molecule has 0 radical (unpaired) electrons. The van der Waals surface area contributed by atoms with Gasteiger partial charge in [-0.25, -0.2) is 4.98 Å². The molecular weight excluding hydrogens is 580 g/mol. The summed E-state index contributed by atoms with van der Waals surface area (Å²) in [5.41, 5.74) is 7.30. The molecule has 0 unspecified atom stereocenters. The third-order valence-corrected chi connectivity index (χ3v) is 8.60. The van der Waals surface area contributed by atoms with E-state index in [-0.39, 0.29) is 29.6 Å². The Hall–Kier alpha value is -6.27. The van der Waals surface area contributed by atoms with Crippen molar-refractivity contribution in [2.24, 2.45) is 0 Å². The minimum Gasteiger partial charge on any atom is -0.445 e. The van der Waals surface area contributed by atoms with Crippen molar-refractivity contribution < 1.29 is 14.3 Å². The molecule has 6 nitrogen and oxygen atoms in total. The third-order valence-electron chi connectivity index (χ3n) is 8.60. The first-order valence-electron chi connectivity index (χ1n) is 17.4. The average Bonchev–Trinajstić information content (AvgIpc) is 3.90. The molecule has 0 aliphatic heterocycles. The number of fused-ring (bicyclic) bond motifs is 3. The lowest BCUT2D eigenvalue weighted by Crippen LogP contribution is -2.10. The molecule has 8 aromatic rings. The fourth-order valence-corrected chi connectivity index (χ4v) is 6.25. The summed E-state index contributed by atoms with van der Waals surface area (Å²) in [6.07, 6.45) is 8.05. The molecule has 1 aliphatic rings. The van der Waals surface area contributed by atoms with Crippen molar-refractivity contribution in [3.63, 3.8) is 0 Å². The van der Waals surface area contributed by atoms with Crippen molar-refractivity contribution in [3.8, 4) is 22.9 Å². The van der Waals surface area contributed by atoms with Crippen LogP contribution in [0.25, 0.3) is 56.1 Å². The Morgan fingerprint density at radius 3 is 2.09 bits per heavy atom. The standard InChI is InChI=1S/C41H28N4O2/c1-2-4-30-23-36-24-32(5-7-34(36)21-29(30)3-1)31-6-8-35-25-39(18-13-33(35)22-31)45(37-14-9-27(10-15-37)40-42-19-20-46-40)38-16-11-28(12-17-38)41-44-43-26-47-41/h1-4,6,8-26H,5,7H2/i8D,13D,22D,25D. The second-order valence-electron chi connectivity index (χ2n) is 11.5. The van der Waals surface area contributed by atoms with Gasteiger partial charge in [0.05, 0.1) is 11.7 Å². The Kier molecular flexibility index (Phi) is 5.54. The summed E-state index contributed by atoms with van der Waals surface area (Å²) in [5.74, 6) is 0.867. The van der Waals surface area contributed by atoms with Crippen LogP contribution in [0.3, 0.4) is 0 Å². The van der Waals surface area contributed by atoms with E-state index in [1.54, 1.807) is 18.3 Å². The molecule has 6 aromatic carbocycles. The number of benzene rings is 6. The van der Waals surface area contributed by atoms with Crippen LogP contribution in [0, 0.1) is 0 Å². The predicted octanol–water partition coefficient (Wildman–Crippen LogP) is 10.7. The van der Waals surface area contributed by atoms with E-state index in [0.29, 0.717) is 34.1 Å². The molecule has 0 atom stereocenters. The zero-order valence-electron chi connectivity index (χ0n) is 29.1. The lowest BCUT2D eigenvalue weighted by Gasteiger charge is -2.26. The first kappa shape index (κ1) is 23.1. The van der Waals surface area contributed by atoms with Crippen molar-refractivity contribution in [3.05, 3.63) is 157 Å². The van der Waals surface area contributed by atoms with E-state index in [2.05, 4.69) is 45.5 Å². The fourth-order valence-electron chi connectivity index (χ4n) is 6.25. The van der Waals surface area contributed by atoms with Gasteiger partial charge in [-0.1, -0.05) is 54.6 Å². The highest BCUT2D eigenvalue weighted by molar-refractivity contribution is 5.95. The molecule has 0 spiro atoms. The first-order valence-corrected chi connectivity index (χ1v) is 15.4. The summed E-state index contributed by atoms with van der Waals surface area (Å²) in [6, 6.07) is 31.4. The highest BCUT2D eigenvalue weighted by atomic mass is 16.4. The summed E-state index contributed by atoms with van der Waals surface area (Å²) in [6.45, 7) is 0. The van der Waals surface area contributed by atoms with Crippen LogP contribution in [-0.4, -0.2) is 15.2 Å². The molecule has 6 heteroatoms. The van der Waals surface area contributed by atoms with Crippen LogP contribution in [0.5, 0.6) is 0 Å². The maximum atomic E-state index is 9.50. The van der Waals surface area contributed by atoms with Gasteiger partial charge in [-0.05, 0) is 129 Å². The number of allylic oxidation sites excluding steroid dienone is 1. The van der Waals surface area contributed by atoms with Gasteiger partial charge in [0.1, 0.15) is 6.26 Å². The Labute approximate surface area is 276 Å². The Balaban J connectivity index is 1.18. The minimum atomic E-state index is 0.0539. The van der Waals surface area contributed by atoms with Gasteiger partial charge in [0.2, 0.25) is 18.2 Å². The van der Waals surface area contributed by atoms with Crippen molar-refractivity contribution in [1.29, 1.82) is 0 Å². The summed E-state index contributed by atoms with van der Waals surface area (Å²) in [5, 5.41) is 10.7. The lowest BCUT2D eigenvalue weighted by atomic mass is 9.86. The molecule has 9 rings (SSSR count). The Morgan fingerprint density at radius 2 is 1.36 bits per heavy atom. The van der Waals surface area contributed by atoms with Gasteiger partial charge >= 0.3 is 0 Å². The van der Waals surface area contributed by atoms with Gasteiger partial charge in [-0.15, -0.1) is 10.2 Å². The number of anilines is 3. The second-order valence-corrected chi connectivity index (χ2v) is 11.5. The number of aryl methyl sites for hydroxylation is 1. The monoisotopic (exact) mass is 612 g/mol. The second kappa shape index (κ2) is 11.3. The SMILES string of the molecule is [2H]c1cc(N(c2ccc(-c3ncco3)cc2)c2ccc(-c3nnco3)cc2)c([2H])c2c([2H])cc(C3=Cc4cc5ccccc5cc4CC3)c([2H])c12. The van der Waals surface area contributed by atoms with Gasteiger partial charge in [-0.2, -0.15) is 0 Å². The molecule has 2 heterocycles. The number of rotatable bonds is 6. The lowest BCUT2D eigenvalue weighted by molar-refractivity contribution is 0.568. The molecular formula is C41H28N4O2. The number of oxazole rings is 1. The normalized spacial score (nSPS) is 13.8. The average molecular weight is 613 g/mol. The predicted molar refractivity (Wildman–Crippen MR) is 188 cm³/mol. The van der Waals surface area contributed by atoms with Crippen LogP contribution < -0.4 is 4.90 Å². The van der Waals surface area contributed by atoms with Gasteiger partial charge < -0.3 is 13.7 Å². The smallest absolute Gasteiger partial charge is 0.247 e.